The van der Waals surface area contributed by atoms with Gasteiger partial charge < -0.3 is 5.32 Å². The fourth-order valence-electron chi connectivity index (χ4n) is 1.66. The first-order valence-corrected chi connectivity index (χ1v) is 6.67. The molecular weight excluding hydrogens is 276 g/mol. The van der Waals surface area contributed by atoms with E-state index in [2.05, 4.69) is 15.4 Å². The lowest BCUT2D eigenvalue weighted by molar-refractivity contribution is 0.103. The molecule has 2 aromatic heterocycles. The van der Waals surface area contributed by atoms with Crippen LogP contribution in [0.1, 0.15) is 15.2 Å². The first kappa shape index (κ1) is 12.5. The van der Waals surface area contributed by atoms with Crippen LogP contribution in [0.5, 0.6) is 0 Å². The number of hydrogen-bond acceptors (Lipinski definition) is 5. The van der Waals surface area contributed by atoms with E-state index < -0.39 is 5.56 Å². The van der Waals surface area contributed by atoms with Gasteiger partial charge in [0.15, 0.2) is 0 Å². The molecule has 0 spiro atoms. The molecule has 0 fully saturated rings. The lowest BCUT2D eigenvalue weighted by Crippen LogP contribution is -2.10. The minimum atomic E-state index is -0.419. The van der Waals surface area contributed by atoms with Crippen LogP contribution < -0.4 is 10.9 Å². The number of nitrogens with zero attached hydrogens (tertiary/aromatic N) is 3. The second kappa shape index (κ2) is 4.86. The molecule has 0 saturated carbocycles. The Morgan fingerprint density at radius 2 is 2.05 bits per heavy atom. The summed E-state index contributed by atoms with van der Waals surface area (Å²) in [7, 11) is 0. The molecule has 0 atom stereocenters. The van der Waals surface area contributed by atoms with E-state index in [1.54, 1.807) is 6.20 Å². The number of nitrogens with one attached hydrogen (secondary N) is 1. The van der Waals surface area contributed by atoms with Crippen molar-refractivity contribution < 1.29 is 4.79 Å². The van der Waals surface area contributed by atoms with Crippen LogP contribution in [0.2, 0.25) is 0 Å². The van der Waals surface area contributed by atoms with E-state index in [-0.39, 0.29) is 5.91 Å². The van der Waals surface area contributed by atoms with Crippen LogP contribution in [0.15, 0.2) is 41.5 Å². The largest absolute Gasteiger partial charge is 0.321 e. The number of aromatic nitrogens is 3. The molecule has 3 aromatic rings. The number of anilines is 1. The van der Waals surface area contributed by atoms with E-state index >= 15 is 0 Å². The molecule has 7 heteroatoms. The fraction of sp³-hybridized carbons (Fsp3) is 0.0769. The predicted molar refractivity (Wildman–Crippen MR) is 76.3 cm³/mol. The molecule has 6 nitrogen and oxygen atoms in total. The van der Waals surface area contributed by atoms with E-state index in [9.17, 15) is 9.59 Å². The molecule has 20 heavy (non-hydrogen) atoms. The zero-order chi connectivity index (χ0) is 14.1. The maximum Gasteiger partial charge on any atom is 0.292 e. The number of carbonyl (C=O) groups is 1. The third-order valence-electron chi connectivity index (χ3n) is 2.67. The van der Waals surface area contributed by atoms with E-state index in [1.165, 1.54) is 4.52 Å². The highest BCUT2D eigenvalue weighted by Crippen LogP contribution is 2.16. The molecule has 1 aromatic carbocycles. The highest BCUT2D eigenvalue weighted by atomic mass is 32.1. The first-order chi connectivity index (χ1) is 9.61. The van der Waals surface area contributed by atoms with Gasteiger partial charge in [0, 0.05) is 5.69 Å². The van der Waals surface area contributed by atoms with Gasteiger partial charge >= 0.3 is 0 Å². The number of carbonyl (C=O) groups excluding carboxylic acids is 1. The molecule has 0 radical (unpaired) electrons. The highest BCUT2D eigenvalue weighted by Gasteiger charge is 2.11. The molecule has 3 rings (SSSR count). The molecule has 0 bridgehead atoms. The molecular formula is C13H10N4O2S. The van der Waals surface area contributed by atoms with Crippen LogP contribution in [0.3, 0.4) is 0 Å². The number of fused-ring (bicyclic) bond motifs is 1. The van der Waals surface area contributed by atoms with E-state index in [0.717, 1.165) is 23.1 Å². The summed E-state index contributed by atoms with van der Waals surface area (Å²) in [6, 6.07) is 7.50. The van der Waals surface area contributed by atoms with Crippen molar-refractivity contribution >= 4 is 27.9 Å². The maximum atomic E-state index is 12.1. The first-order valence-electron chi connectivity index (χ1n) is 5.85. The normalized spacial score (nSPS) is 10.7. The van der Waals surface area contributed by atoms with Crippen molar-refractivity contribution in [2.24, 2.45) is 0 Å². The number of aryl methyl sites for hydroxylation is 1. The average molecular weight is 286 g/mol. The summed E-state index contributed by atoms with van der Waals surface area (Å²) in [4.78, 5) is 27.8. The van der Waals surface area contributed by atoms with Gasteiger partial charge in [0.05, 0.1) is 6.20 Å². The quantitative estimate of drug-likeness (QED) is 0.778. The standard InChI is InChI=1S/C13H10N4O2S/c1-8-2-4-9(5-3-8)15-12(19)10-7-17-13(20-10)16-11(18)6-14-17/h2-7H,1H3,(H,15,19). The van der Waals surface area contributed by atoms with Crippen LogP contribution in [0.25, 0.3) is 4.96 Å². The van der Waals surface area contributed by atoms with Gasteiger partial charge in [-0.25, -0.2) is 4.52 Å². The molecule has 1 N–H and O–H groups in total. The fourth-order valence-corrected chi connectivity index (χ4v) is 2.49. The summed E-state index contributed by atoms with van der Waals surface area (Å²) in [5.74, 6) is -0.251. The summed E-state index contributed by atoms with van der Waals surface area (Å²) < 4.78 is 1.41. The number of thiazole rings is 1. The van der Waals surface area contributed by atoms with Gasteiger partial charge in [-0.2, -0.15) is 10.1 Å². The topological polar surface area (TPSA) is 76.4 Å². The number of hydrogen-bond donors (Lipinski definition) is 1. The summed E-state index contributed by atoms with van der Waals surface area (Å²) in [5, 5.41) is 6.66. The van der Waals surface area contributed by atoms with Gasteiger partial charge in [0.2, 0.25) is 4.96 Å². The van der Waals surface area contributed by atoms with Gasteiger partial charge in [-0.15, -0.1) is 0 Å². The molecule has 0 aliphatic carbocycles. The Labute approximate surface area is 117 Å². The third-order valence-corrected chi connectivity index (χ3v) is 3.64. The molecule has 0 unspecified atom stereocenters. The number of benzene rings is 1. The molecule has 0 aliphatic rings. The van der Waals surface area contributed by atoms with Gasteiger partial charge in [-0.05, 0) is 19.1 Å². The zero-order valence-corrected chi connectivity index (χ0v) is 11.3. The SMILES string of the molecule is Cc1ccc(NC(=O)c2cn3ncc(=O)nc3s2)cc1. The second-order valence-electron chi connectivity index (χ2n) is 4.24. The third kappa shape index (κ3) is 2.43. The zero-order valence-electron chi connectivity index (χ0n) is 10.5. The Morgan fingerprint density at radius 1 is 1.30 bits per heavy atom. The maximum absolute atomic E-state index is 12.1. The van der Waals surface area contributed by atoms with Crippen molar-refractivity contribution in [3.8, 4) is 0 Å². The van der Waals surface area contributed by atoms with Crippen molar-refractivity contribution in [3.05, 3.63) is 57.5 Å². The second-order valence-corrected chi connectivity index (χ2v) is 5.25. The van der Waals surface area contributed by atoms with Crippen molar-refractivity contribution in [2.75, 3.05) is 5.32 Å². The Kier molecular flexibility index (Phi) is 3.03. The Bertz CT molecular complexity index is 835. The van der Waals surface area contributed by atoms with Crippen molar-refractivity contribution in [3.63, 3.8) is 0 Å². The molecule has 0 saturated heterocycles. The Hall–Kier alpha value is -2.54. The van der Waals surface area contributed by atoms with Crippen LogP contribution in [0.4, 0.5) is 5.69 Å². The summed E-state index contributed by atoms with van der Waals surface area (Å²) in [6.07, 6.45) is 2.66. The van der Waals surface area contributed by atoms with E-state index in [0.29, 0.717) is 15.5 Å². The molecule has 0 aliphatic heterocycles. The number of amides is 1. The highest BCUT2D eigenvalue weighted by molar-refractivity contribution is 7.18. The minimum absolute atomic E-state index is 0.251. The smallest absolute Gasteiger partial charge is 0.292 e. The Balaban J connectivity index is 1.88. The van der Waals surface area contributed by atoms with Crippen molar-refractivity contribution in [1.82, 2.24) is 14.6 Å². The summed E-state index contributed by atoms with van der Waals surface area (Å²) >= 11 is 1.12. The van der Waals surface area contributed by atoms with Crippen LogP contribution in [-0.2, 0) is 0 Å². The van der Waals surface area contributed by atoms with Crippen LogP contribution >= 0.6 is 11.3 Å². The van der Waals surface area contributed by atoms with Crippen LogP contribution in [0, 0.1) is 6.92 Å². The van der Waals surface area contributed by atoms with E-state index in [1.807, 2.05) is 31.2 Å². The molecule has 100 valence electrons. The molecule has 1 amide bonds. The average Bonchev–Trinajstić information content (AvgIpc) is 2.84. The Morgan fingerprint density at radius 3 is 2.80 bits per heavy atom. The minimum Gasteiger partial charge on any atom is -0.321 e. The predicted octanol–water partition coefficient (Wildman–Crippen LogP) is 1.71. The van der Waals surface area contributed by atoms with Crippen molar-refractivity contribution in [2.45, 2.75) is 6.92 Å². The summed E-state index contributed by atoms with van der Waals surface area (Å²) in [6.45, 7) is 1.98. The summed E-state index contributed by atoms with van der Waals surface area (Å²) in [5.41, 5.74) is 1.42. The lowest BCUT2D eigenvalue weighted by atomic mass is 10.2. The van der Waals surface area contributed by atoms with E-state index in [4.69, 9.17) is 0 Å². The van der Waals surface area contributed by atoms with Gasteiger partial charge in [-0.1, -0.05) is 29.0 Å². The van der Waals surface area contributed by atoms with Gasteiger partial charge in [-0.3, -0.25) is 9.59 Å². The van der Waals surface area contributed by atoms with Crippen LogP contribution in [-0.4, -0.2) is 20.5 Å². The lowest BCUT2D eigenvalue weighted by Gasteiger charge is -2.02. The van der Waals surface area contributed by atoms with Crippen molar-refractivity contribution in [1.29, 1.82) is 0 Å². The monoisotopic (exact) mass is 286 g/mol. The number of rotatable bonds is 2. The molecule has 2 heterocycles. The van der Waals surface area contributed by atoms with Gasteiger partial charge in [0.25, 0.3) is 11.5 Å². The van der Waals surface area contributed by atoms with Gasteiger partial charge in [0.1, 0.15) is 11.1 Å².